The highest BCUT2D eigenvalue weighted by Gasteiger charge is 2.30. The van der Waals surface area contributed by atoms with Crippen LogP contribution in [0.25, 0.3) is 6.08 Å². The number of hydrogen-bond acceptors (Lipinski definition) is 5. The first-order valence-electron chi connectivity index (χ1n) is 9.77. The average Bonchev–Trinajstić information content (AvgIpc) is 2.97. The highest BCUT2D eigenvalue weighted by atomic mass is 32.2. The number of nitrogens with zero attached hydrogens (tertiary/aromatic N) is 1. The fourth-order valence-electron chi connectivity index (χ4n) is 3.02. The standard InChI is InChI=1S/C24H25NO3S2/c1-4-11-25-23(26)22(30-24(25)29)16-19-7-5-8-20(15-19)27-12-6-13-28-21-10-9-17(2)14-18(21)3/h4-5,7-10,14-16H,1,6,11-13H2,2-3H3/b22-16-. The summed E-state index contributed by atoms with van der Waals surface area (Å²) in [5.74, 6) is 1.59. The van der Waals surface area contributed by atoms with Crippen LogP contribution in [-0.4, -0.2) is 34.9 Å². The summed E-state index contributed by atoms with van der Waals surface area (Å²) in [7, 11) is 0. The molecule has 1 amide bonds. The molecular weight excluding hydrogens is 414 g/mol. The molecule has 0 N–H and O–H groups in total. The largest absolute Gasteiger partial charge is 0.493 e. The molecule has 0 spiro atoms. The topological polar surface area (TPSA) is 38.8 Å². The third-order valence-electron chi connectivity index (χ3n) is 4.49. The molecule has 6 heteroatoms. The minimum atomic E-state index is -0.0835. The number of thioether (sulfide) groups is 1. The highest BCUT2D eigenvalue weighted by molar-refractivity contribution is 8.26. The highest BCUT2D eigenvalue weighted by Crippen LogP contribution is 2.32. The minimum absolute atomic E-state index is 0.0835. The Morgan fingerprint density at radius 1 is 1.13 bits per heavy atom. The Morgan fingerprint density at radius 3 is 2.70 bits per heavy atom. The van der Waals surface area contributed by atoms with E-state index in [-0.39, 0.29) is 5.91 Å². The van der Waals surface area contributed by atoms with Gasteiger partial charge in [0.05, 0.1) is 18.1 Å². The van der Waals surface area contributed by atoms with Gasteiger partial charge in [0.25, 0.3) is 5.91 Å². The number of aryl methyl sites for hydroxylation is 2. The molecule has 0 saturated carbocycles. The van der Waals surface area contributed by atoms with Gasteiger partial charge in [-0.1, -0.05) is 59.9 Å². The molecule has 0 atom stereocenters. The maximum absolute atomic E-state index is 12.5. The van der Waals surface area contributed by atoms with Gasteiger partial charge in [0.1, 0.15) is 15.8 Å². The number of carbonyl (C=O) groups is 1. The molecule has 3 rings (SSSR count). The first-order valence-corrected chi connectivity index (χ1v) is 11.0. The van der Waals surface area contributed by atoms with Crippen molar-refractivity contribution in [3.05, 3.63) is 76.7 Å². The SMILES string of the molecule is C=CCN1C(=O)/C(=C/c2cccc(OCCCOc3ccc(C)cc3C)c2)SC1=S. The van der Waals surface area contributed by atoms with Crippen molar-refractivity contribution < 1.29 is 14.3 Å². The summed E-state index contributed by atoms with van der Waals surface area (Å²) in [5, 5.41) is 0. The summed E-state index contributed by atoms with van der Waals surface area (Å²) in [6.07, 6.45) is 4.29. The predicted octanol–water partition coefficient (Wildman–Crippen LogP) is 5.54. The van der Waals surface area contributed by atoms with Crippen LogP contribution in [0, 0.1) is 13.8 Å². The van der Waals surface area contributed by atoms with Crippen molar-refractivity contribution >= 4 is 40.3 Å². The number of thiocarbonyl (C=S) groups is 1. The van der Waals surface area contributed by atoms with E-state index in [4.69, 9.17) is 21.7 Å². The molecule has 0 aromatic heterocycles. The van der Waals surface area contributed by atoms with E-state index in [0.29, 0.717) is 29.0 Å². The van der Waals surface area contributed by atoms with Gasteiger partial charge >= 0.3 is 0 Å². The maximum Gasteiger partial charge on any atom is 0.266 e. The van der Waals surface area contributed by atoms with Crippen LogP contribution in [0.1, 0.15) is 23.1 Å². The van der Waals surface area contributed by atoms with Crippen molar-refractivity contribution in [2.75, 3.05) is 19.8 Å². The number of hydrogen-bond donors (Lipinski definition) is 0. The molecule has 0 unspecified atom stereocenters. The zero-order valence-corrected chi connectivity index (χ0v) is 18.9. The summed E-state index contributed by atoms with van der Waals surface area (Å²) < 4.78 is 12.3. The van der Waals surface area contributed by atoms with Gasteiger partial charge in [-0.3, -0.25) is 9.69 Å². The second-order valence-corrected chi connectivity index (χ2v) is 8.65. The third-order valence-corrected chi connectivity index (χ3v) is 5.86. The third kappa shape index (κ3) is 5.74. The molecule has 1 fully saturated rings. The van der Waals surface area contributed by atoms with E-state index < -0.39 is 0 Å². The lowest BCUT2D eigenvalue weighted by Gasteiger charge is -2.11. The van der Waals surface area contributed by atoms with Gasteiger partial charge in [-0.25, -0.2) is 0 Å². The van der Waals surface area contributed by atoms with Gasteiger partial charge in [0, 0.05) is 13.0 Å². The van der Waals surface area contributed by atoms with Gasteiger partial charge in [-0.2, -0.15) is 0 Å². The van der Waals surface area contributed by atoms with Gasteiger partial charge < -0.3 is 9.47 Å². The van der Waals surface area contributed by atoms with Crippen LogP contribution in [0.4, 0.5) is 0 Å². The second kappa shape index (κ2) is 10.5. The van der Waals surface area contributed by atoms with E-state index in [2.05, 4.69) is 32.6 Å². The van der Waals surface area contributed by atoms with E-state index in [9.17, 15) is 4.79 Å². The number of ether oxygens (including phenoxy) is 2. The summed E-state index contributed by atoms with van der Waals surface area (Å²) in [6, 6.07) is 13.9. The molecule has 2 aromatic rings. The first-order chi connectivity index (χ1) is 14.5. The lowest BCUT2D eigenvalue weighted by Crippen LogP contribution is -2.27. The van der Waals surface area contributed by atoms with Crippen molar-refractivity contribution in [3.63, 3.8) is 0 Å². The van der Waals surface area contributed by atoms with Crippen LogP contribution in [0.3, 0.4) is 0 Å². The Morgan fingerprint density at radius 2 is 1.93 bits per heavy atom. The zero-order valence-electron chi connectivity index (χ0n) is 17.2. The molecule has 1 saturated heterocycles. The number of carbonyl (C=O) groups excluding carboxylic acids is 1. The monoisotopic (exact) mass is 439 g/mol. The van der Waals surface area contributed by atoms with E-state index in [1.54, 1.807) is 11.0 Å². The summed E-state index contributed by atoms with van der Waals surface area (Å²) in [6.45, 7) is 9.36. The molecule has 1 heterocycles. The molecular formula is C24H25NO3S2. The summed E-state index contributed by atoms with van der Waals surface area (Å²) >= 11 is 6.59. The molecule has 30 heavy (non-hydrogen) atoms. The van der Waals surface area contributed by atoms with Crippen molar-refractivity contribution in [1.29, 1.82) is 0 Å². The van der Waals surface area contributed by atoms with E-state index in [0.717, 1.165) is 29.0 Å². The molecule has 2 aromatic carbocycles. The number of amides is 1. The Labute approximate surface area is 187 Å². The van der Waals surface area contributed by atoms with Crippen molar-refractivity contribution in [1.82, 2.24) is 4.90 Å². The molecule has 0 bridgehead atoms. The van der Waals surface area contributed by atoms with Crippen LogP contribution >= 0.6 is 24.0 Å². The van der Waals surface area contributed by atoms with Crippen LogP contribution in [0.2, 0.25) is 0 Å². The quantitative estimate of drug-likeness (QED) is 0.222. The molecule has 1 aliphatic heterocycles. The smallest absolute Gasteiger partial charge is 0.266 e. The summed E-state index contributed by atoms with van der Waals surface area (Å²) in [5.41, 5.74) is 3.27. The minimum Gasteiger partial charge on any atom is -0.493 e. The van der Waals surface area contributed by atoms with E-state index in [1.165, 1.54) is 17.3 Å². The number of rotatable bonds is 9. The van der Waals surface area contributed by atoms with Crippen molar-refractivity contribution in [3.8, 4) is 11.5 Å². The lowest BCUT2D eigenvalue weighted by atomic mass is 10.1. The Kier molecular flexibility index (Phi) is 7.71. The molecule has 4 nitrogen and oxygen atoms in total. The Bertz CT molecular complexity index is 984. The Balaban J connectivity index is 1.51. The number of benzene rings is 2. The van der Waals surface area contributed by atoms with Gasteiger partial charge in [-0.15, -0.1) is 6.58 Å². The second-order valence-electron chi connectivity index (χ2n) is 6.97. The van der Waals surface area contributed by atoms with E-state index in [1.807, 2.05) is 36.4 Å². The van der Waals surface area contributed by atoms with Gasteiger partial charge in [0.2, 0.25) is 0 Å². The molecule has 0 radical (unpaired) electrons. The summed E-state index contributed by atoms with van der Waals surface area (Å²) in [4.78, 5) is 14.6. The molecule has 0 aliphatic carbocycles. The average molecular weight is 440 g/mol. The van der Waals surface area contributed by atoms with Crippen LogP contribution in [-0.2, 0) is 4.79 Å². The zero-order chi connectivity index (χ0) is 21.5. The Hall–Kier alpha value is -2.57. The van der Waals surface area contributed by atoms with Crippen LogP contribution in [0.15, 0.2) is 60.0 Å². The van der Waals surface area contributed by atoms with Crippen molar-refractivity contribution in [2.24, 2.45) is 0 Å². The fourth-order valence-corrected chi connectivity index (χ4v) is 4.30. The van der Waals surface area contributed by atoms with Crippen LogP contribution in [0.5, 0.6) is 11.5 Å². The van der Waals surface area contributed by atoms with Gasteiger partial charge in [-0.05, 0) is 49.2 Å². The molecule has 1 aliphatic rings. The first kappa shape index (κ1) is 22.1. The van der Waals surface area contributed by atoms with Crippen molar-refractivity contribution in [2.45, 2.75) is 20.3 Å². The fraction of sp³-hybridized carbons (Fsp3) is 0.250. The maximum atomic E-state index is 12.5. The predicted molar refractivity (Wildman–Crippen MR) is 128 cm³/mol. The molecule has 156 valence electrons. The lowest BCUT2D eigenvalue weighted by molar-refractivity contribution is -0.121. The normalized spacial score (nSPS) is 15.0. The van der Waals surface area contributed by atoms with Gasteiger partial charge in [0.15, 0.2) is 0 Å². The van der Waals surface area contributed by atoms with E-state index >= 15 is 0 Å². The van der Waals surface area contributed by atoms with Crippen LogP contribution < -0.4 is 9.47 Å².